The molecule has 28 heavy (non-hydrogen) atoms. The van der Waals surface area contributed by atoms with Crippen molar-refractivity contribution in [2.45, 2.75) is 13.1 Å². The maximum atomic E-state index is 11.1. The van der Waals surface area contributed by atoms with E-state index in [9.17, 15) is 9.59 Å². The molecule has 2 aromatic heterocycles. The molecule has 8 nitrogen and oxygen atoms in total. The summed E-state index contributed by atoms with van der Waals surface area (Å²) >= 11 is 9.48. The van der Waals surface area contributed by atoms with Gasteiger partial charge in [0.2, 0.25) is 0 Å². The van der Waals surface area contributed by atoms with Gasteiger partial charge < -0.3 is 27.4 Å². The number of nitrogens with one attached hydrogen (secondary N) is 1. The molecule has 0 fully saturated rings. The van der Waals surface area contributed by atoms with Gasteiger partial charge in [0, 0.05) is 43.9 Å². The van der Waals surface area contributed by atoms with Crippen LogP contribution < -0.4 is 119 Å². The zero-order valence-corrected chi connectivity index (χ0v) is 26.3. The predicted molar refractivity (Wildman–Crippen MR) is 103 cm³/mol. The van der Waals surface area contributed by atoms with E-state index in [0.717, 1.165) is 24.9 Å². The van der Waals surface area contributed by atoms with Crippen molar-refractivity contribution < 1.29 is 133 Å². The second-order valence-corrected chi connectivity index (χ2v) is 7.82. The summed E-state index contributed by atoms with van der Waals surface area (Å²) in [5.41, 5.74) is 7.38. The number of halogens is 2. The van der Waals surface area contributed by atoms with Gasteiger partial charge in [-0.1, -0.05) is 0 Å². The van der Waals surface area contributed by atoms with Gasteiger partial charge in [-0.05, 0) is 31.9 Å². The molecule has 0 spiro atoms. The number of hydrogen-bond donors (Lipinski definition) is 2. The number of ether oxygens (including phenoxy) is 1. The predicted octanol–water partition coefficient (Wildman–Crippen LogP) is -3.93. The van der Waals surface area contributed by atoms with E-state index in [1.807, 2.05) is 10.8 Å². The molecule has 1 aliphatic rings. The first-order chi connectivity index (χ1) is 12.4. The summed E-state index contributed by atoms with van der Waals surface area (Å²) < 4.78 is 6.51. The number of rotatable bonds is 3. The fourth-order valence-electron chi connectivity index (χ4n) is 1.78. The molecule has 0 aliphatic carbocycles. The minimum Gasteiger partial charge on any atom is -1.00 e. The molecule has 0 radical (unpaired) electrons. The molecule has 0 saturated heterocycles. The minimum absolute atomic E-state index is 0. The van der Waals surface area contributed by atoms with Crippen LogP contribution in [-0.4, -0.2) is 25.5 Å². The van der Waals surface area contributed by atoms with Crippen LogP contribution in [0.2, 0.25) is 0 Å². The van der Waals surface area contributed by atoms with Crippen LogP contribution in [0, 0.1) is 0 Å². The Morgan fingerprint density at radius 2 is 1.93 bits per heavy atom. The molecule has 1 aliphatic heterocycles. The number of methoxy groups -OCH3 is 1. The van der Waals surface area contributed by atoms with Gasteiger partial charge in [0.15, 0.2) is 0 Å². The van der Waals surface area contributed by atoms with E-state index >= 15 is 0 Å². The van der Waals surface area contributed by atoms with Crippen molar-refractivity contribution in [2.24, 2.45) is 5.73 Å². The van der Waals surface area contributed by atoms with Gasteiger partial charge in [-0.15, -0.1) is 22.7 Å². The van der Waals surface area contributed by atoms with Crippen LogP contribution in [0.25, 0.3) is 0 Å². The van der Waals surface area contributed by atoms with Crippen LogP contribution in [0.3, 0.4) is 0 Å². The molecule has 3 heterocycles. The molecule has 0 saturated carbocycles. The summed E-state index contributed by atoms with van der Waals surface area (Å²) in [6.07, 6.45) is 0. The van der Waals surface area contributed by atoms with Crippen LogP contribution in [0.15, 0.2) is 19.7 Å². The van der Waals surface area contributed by atoms with E-state index in [1.54, 1.807) is 0 Å². The molecule has 0 unspecified atom stereocenters. The van der Waals surface area contributed by atoms with Crippen molar-refractivity contribution in [3.05, 3.63) is 40.6 Å². The molecule has 1 amide bonds. The standard InChI is InChI=1S/C7H8BrNO2S.C6H4BrNOS.CH2O3.2K.H/c1-11-7(10)6-4(2-9)5(8)3-12-6;7-4-2-10-5-3(4)1-8-6(5)9;2-1-4-3;;;/h3H,2,9H2,1H3;2H,1H2,(H,8,9);1,3H;;;/q;;;2*+1;-1/p-1. The van der Waals surface area contributed by atoms with Crippen molar-refractivity contribution in [1.29, 1.82) is 0 Å². The summed E-state index contributed by atoms with van der Waals surface area (Å²) in [5.74, 6) is -0.267. The fraction of sp³-hybridized carbons (Fsp3) is 0.214. The Labute approximate surface area is 272 Å². The number of esters is 1. The fourth-order valence-corrected chi connectivity index (χ4v) is 5.05. The third-order valence-corrected chi connectivity index (χ3v) is 6.98. The van der Waals surface area contributed by atoms with Gasteiger partial charge in [-0.3, -0.25) is 9.59 Å². The Bertz CT molecular complexity index is 794. The number of hydrogen-bond acceptors (Lipinski definition) is 9. The first-order valence-electron chi connectivity index (χ1n) is 6.71. The maximum Gasteiger partial charge on any atom is 1.00 e. The van der Waals surface area contributed by atoms with E-state index in [0.29, 0.717) is 18.0 Å². The Kier molecular flexibility index (Phi) is 20.1. The van der Waals surface area contributed by atoms with Gasteiger partial charge in [0.25, 0.3) is 12.4 Å². The van der Waals surface area contributed by atoms with Gasteiger partial charge in [-0.2, -0.15) is 0 Å². The molecule has 2 aromatic rings. The Hall–Kier alpha value is 1.96. The SMILES string of the molecule is COC(=O)c1scc(Br)c1CN.O=C1NCc2c(Br)csc21.O=CO[O-].[H-].[K+].[K+]. The minimum atomic E-state index is -0.328. The smallest absolute Gasteiger partial charge is 1.00 e. The number of nitrogens with two attached hydrogens (primary N) is 1. The van der Waals surface area contributed by atoms with Crippen molar-refractivity contribution in [3.8, 4) is 0 Å². The van der Waals surface area contributed by atoms with Crippen LogP contribution in [0.1, 0.15) is 31.9 Å². The molecule has 0 atom stereocenters. The molecule has 0 aromatic carbocycles. The number of thiophene rings is 2. The third-order valence-electron chi connectivity index (χ3n) is 2.93. The number of fused-ring (bicyclic) bond motifs is 1. The van der Waals surface area contributed by atoms with E-state index in [2.05, 4.69) is 46.8 Å². The third kappa shape index (κ3) is 9.62. The Morgan fingerprint density at radius 3 is 2.39 bits per heavy atom. The molecule has 0 bridgehead atoms. The quantitative estimate of drug-likeness (QED) is 0.120. The van der Waals surface area contributed by atoms with E-state index in [-0.39, 0.29) is 123 Å². The normalized spacial score (nSPS) is 10.4. The first-order valence-corrected chi connectivity index (χ1v) is 10.1. The second kappa shape index (κ2) is 17.5. The van der Waals surface area contributed by atoms with Gasteiger partial charge in [0.05, 0.1) is 12.0 Å². The monoisotopic (exact) mass is 606 g/mol. The number of carbonyl (C=O) groups is 3. The molecule has 3 rings (SSSR count). The van der Waals surface area contributed by atoms with Crippen LogP contribution in [0.4, 0.5) is 0 Å². The number of carbonyl (C=O) groups excluding carboxylic acids is 3. The van der Waals surface area contributed by atoms with Crippen LogP contribution in [-0.2, 0) is 27.5 Å². The van der Waals surface area contributed by atoms with E-state index in [1.165, 1.54) is 29.8 Å². The summed E-state index contributed by atoms with van der Waals surface area (Å²) in [7, 11) is 1.36. The first kappa shape index (κ1) is 32.1. The zero-order chi connectivity index (χ0) is 19.7. The maximum absolute atomic E-state index is 11.1. The second-order valence-electron chi connectivity index (χ2n) is 4.35. The summed E-state index contributed by atoms with van der Waals surface area (Å²) in [6, 6.07) is 0. The topological polar surface area (TPSA) is 131 Å². The average molecular weight is 608 g/mol. The van der Waals surface area contributed by atoms with Crippen molar-refractivity contribution in [2.75, 3.05) is 7.11 Å². The largest absolute Gasteiger partial charge is 1.00 e. The van der Waals surface area contributed by atoms with Gasteiger partial charge >= 0.3 is 109 Å². The molecular formula is C14H14Br2K2N2O6S2. The average Bonchev–Trinajstić information content (AvgIpc) is 3.32. The Morgan fingerprint density at radius 1 is 1.36 bits per heavy atom. The molecule has 144 valence electrons. The molecule has 3 N–H and O–H groups in total. The van der Waals surface area contributed by atoms with E-state index in [4.69, 9.17) is 15.8 Å². The van der Waals surface area contributed by atoms with Crippen LogP contribution >= 0.6 is 54.5 Å². The van der Waals surface area contributed by atoms with E-state index < -0.39 is 0 Å². The summed E-state index contributed by atoms with van der Waals surface area (Å²) in [4.78, 5) is 34.8. The summed E-state index contributed by atoms with van der Waals surface area (Å²) in [6.45, 7) is 0.840. The van der Waals surface area contributed by atoms with Crippen molar-refractivity contribution in [3.63, 3.8) is 0 Å². The van der Waals surface area contributed by atoms with Crippen molar-refractivity contribution in [1.82, 2.24) is 5.32 Å². The summed E-state index contributed by atoms with van der Waals surface area (Å²) in [5, 5.41) is 15.0. The molecule has 14 heteroatoms. The zero-order valence-electron chi connectivity index (χ0n) is 16.2. The molecular weight excluding hydrogens is 594 g/mol. The Balaban J connectivity index is -0.000000365. The van der Waals surface area contributed by atoms with Gasteiger partial charge in [-0.25, -0.2) is 4.79 Å². The van der Waals surface area contributed by atoms with Crippen LogP contribution in [0.5, 0.6) is 0 Å². The number of amides is 1. The van der Waals surface area contributed by atoms with Gasteiger partial charge in [0.1, 0.15) is 4.88 Å². The van der Waals surface area contributed by atoms with Crippen molar-refractivity contribution >= 4 is 72.9 Å².